The number of carbonyl (C=O) groups excluding carboxylic acids is 1. The molecule has 0 saturated carbocycles. The summed E-state index contributed by atoms with van der Waals surface area (Å²) in [5, 5.41) is 10.6. The lowest BCUT2D eigenvalue weighted by molar-refractivity contribution is -0.384. The molecule has 0 spiro atoms. The maximum Gasteiger partial charge on any atom is 0.395 e. The first-order chi connectivity index (χ1) is 8.69. The summed E-state index contributed by atoms with van der Waals surface area (Å²) < 4.78 is 36.1. The van der Waals surface area contributed by atoms with Crippen molar-refractivity contribution in [2.75, 3.05) is 0 Å². The zero-order valence-electron chi connectivity index (χ0n) is 10.1. The quantitative estimate of drug-likeness (QED) is 0.609. The summed E-state index contributed by atoms with van der Waals surface area (Å²) in [5.41, 5.74) is 0.331. The zero-order valence-corrected chi connectivity index (χ0v) is 10.1. The van der Waals surface area contributed by atoms with Crippen LogP contribution >= 0.6 is 0 Å². The molecule has 1 aromatic carbocycles. The number of nitrogens with zero attached hydrogens (tertiary/aromatic N) is 1. The van der Waals surface area contributed by atoms with Gasteiger partial charge in [0.1, 0.15) is 12.2 Å². The third kappa shape index (κ3) is 5.07. The summed E-state index contributed by atoms with van der Waals surface area (Å²) in [6.07, 6.45) is -6.27. The van der Waals surface area contributed by atoms with Crippen LogP contribution in [0.1, 0.15) is 31.2 Å². The van der Waals surface area contributed by atoms with Gasteiger partial charge in [-0.3, -0.25) is 14.9 Å². The molecule has 4 nitrogen and oxygen atoms in total. The number of rotatable bonds is 5. The van der Waals surface area contributed by atoms with Gasteiger partial charge in [-0.05, 0) is 11.5 Å². The normalized spacial score (nSPS) is 13.1. The van der Waals surface area contributed by atoms with Crippen LogP contribution in [0.5, 0.6) is 0 Å². The van der Waals surface area contributed by atoms with Gasteiger partial charge in [0, 0.05) is 18.6 Å². The summed E-state index contributed by atoms with van der Waals surface area (Å²) in [6.45, 7) is 1.56. The van der Waals surface area contributed by atoms with E-state index in [2.05, 4.69) is 0 Å². The van der Waals surface area contributed by atoms with Gasteiger partial charge in [-0.1, -0.05) is 19.1 Å². The number of benzene rings is 1. The highest BCUT2D eigenvalue weighted by atomic mass is 19.4. The van der Waals surface area contributed by atoms with Crippen molar-refractivity contribution in [1.29, 1.82) is 0 Å². The van der Waals surface area contributed by atoms with Gasteiger partial charge in [0.2, 0.25) is 0 Å². The number of hydrogen-bond acceptors (Lipinski definition) is 3. The first kappa shape index (κ1) is 15.1. The third-order valence-corrected chi connectivity index (χ3v) is 2.58. The molecule has 0 aromatic heterocycles. The second-order valence-electron chi connectivity index (χ2n) is 4.29. The molecule has 0 heterocycles. The fraction of sp³-hybridized carbons (Fsp3) is 0.417. The van der Waals surface area contributed by atoms with Gasteiger partial charge in [-0.15, -0.1) is 0 Å². The second-order valence-corrected chi connectivity index (χ2v) is 4.29. The molecular weight excluding hydrogens is 263 g/mol. The van der Waals surface area contributed by atoms with Gasteiger partial charge in [0.05, 0.1) is 4.92 Å². The topological polar surface area (TPSA) is 60.2 Å². The van der Waals surface area contributed by atoms with Crippen LogP contribution in [0.25, 0.3) is 0 Å². The summed E-state index contributed by atoms with van der Waals surface area (Å²) in [4.78, 5) is 21.2. The highest BCUT2D eigenvalue weighted by molar-refractivity contribution is 5.79. The molecule has 0 amide bonds. The summed E-state index contributed by atoms with van der Waals surface area (Å²) >= 11 is 0. The van der Waals surface area contributed by atoms with Crippen molar-refractivity contribution in [1.82, 2.24) is 0 Å². The van der Waals surface area contributed by atoms with E-state index in [1.807, 2.05) is 0 Å². The highest BCUT2D eigenvalue weighted by Crippen LogP contribution is 2.26. The molecule has 1 unspecified atom stereocenters. The van der Waals surface area contributed by atoms with Crippen LogP contribution in [0.15, 0.2) is 24.3 Å². The number of hydrogen-bond donors (Lipinski definition) is 0. The van der Waals surface area contributed by atoms with Crippen LogP contribution in [0.4, 0.5) is 18.9 Å². The maximum atomic E-state index is 12.0. The fourth-order valence-electron chi connectivity index (χ4n) is 1.70. The Kier molecular flexibility index (Phi) is 4.63. The van der Waals surface area contributed by atoms with Crippen molar-refractivity contribution < 1.29 is 22.9 Å². The minimum atomic E-state index is -4.51. The molecule has 0 N–H and O–H groups in total. The van der Waals surface area contributed by atoms with Gasteiger partial charge >= 0.3 is 6.18 Å². The average Bonchev–Trinajstić information content (AvgIpc) is 2.26. The molecule has 0 aliphatic carbocycles. The highest BCUT2D eigenvalue weighted by Gasteiger charge is 2.31. The average molecular weight is 275 g/mol. The van der Waals surface area contributed by atoms with Crippen molar-refractivity contribution in [2.45, 2.75) is 31.9 Å². The molecule has 0 saturated heterocycles. The molecule has 1 atom stereocenters. The monoisotopic (exact) mass is 275 g/mol. The van der Waals surface area contributed by atoms with Gasteiger partial charge in [-0.25, -0.2) is 0 Å². The van der Waals surface area contributed by atoms with Crippen molar-refractivity contribution in [3.05, 3.63) is 39.9 Å². The Morgan fingerprint density at radius 3 is 2.58 bits per heavy atom. The Morgan fingerprint density at radius 2 is 2.05 bits per heavy atom. The summed E-state index contributed by atoms with van der Waals surface area (Å²) in [7, 11) is 0. The Labute approximate surface area is 107 Å². The van der Waals surface area contributed by atoms with E-state index in [0.29, 0.717) is 5.56 Å². The predicted octanol–water partition coefficient (Wildman–Crippen LogP) is 3.61. The minimum Gasteiger partial charge on any atom is -0.299 e. The van der Waals surface area contributed by atoms with E-state index in [1.165, 1.54) is 18.2 Å². The number of Topliss-reactive ketones (excluding diaryl/α,β-unsaturated/α-hetero) is 1. The van der Waals surface area contributed by atoms with E-state index >= 15 is 0 Å². The van der Waals surface area contributed by atoms with Gasteiger partial charge in [0.15, 0.2) is 0 Å². The number of halogens is 3. The molecule has 0 bridgehead atoms. The Bertz CT molecular complexity index is 485. The lowest BCUT2D eigenvalue weighted by Gasteiger charge is -2.12. The standard InChI is InChI=1S/C12H12F3NO3/c1-8(5-11(17)7-12(13,14)15)9-3-2-4-10(6-9)16(18)19/h2-4,6,8H,5,7H2,1H3. The smallest absolute Gasteiger partial charge is 0.299 e. The molecule has 0 aliphatic rings. The van der Waals surface area contributed by atoms with E-state index in [4.69, 9.17) is 0 Å². The molecule has 19 heavy (non-hydrogen) atoms. The van der Waals surface area contributed by atoms with E-state index in [-0.39, 0.29) is 12.1 Å². The van der Waals surface area contributed by atoms with Gasteiger partial charge in [-0.2, -0.15) is 13.2 Å². The number of nitro benzene ring substituents is 1. The largest absolute Gasteiger partial charge is 0.395 e. The Balaban J connectivity index is 2.73. The molecular formula is C12H12F3NO3. The zero-order chi connectivity index (χ0) is 14.6. The predicted molar refractivity (Wildman–Crippen MR) is 61.8 cm³/mol. The Morgan fingerprint density at radius 1 is 1.42 bits per heavy atom. The number of alkyl halides is 3. The van der Waals surface area contributed by atoms with Crippen molar-refractivity contribution in [3.8, 4) is 0 Å². The van der Waals surface area contributed by atoms with Crippen molar-refractivity contribution >= 4 is 11.5 Å². The van der Waals surface area contributed by atoms with Crippen LogP contribution in [-0.2, 0) is 4.79 Å². The van der Waals surface area contributed by atoms with Crippen LogP contribution in [0.3, 0.4) is 0 Å². The number of nitro groups is 1. The SMILES string of the molecule is CC(CC(=O)CC(F)(F)F)c1cccc([N+](=O)[O-])c1. The first-order valence-corrected chi connectivity index (χ1v) is 5.52. The third-order valence-electron chi connectivity index (χ3n) is 2.58. The Hall–Kier alpha value is -1.92. The first-order valence-electron chi connectivity index (χ1n) is 5.52. The lowest BCUT2D eigenvalue weighted by Crippen LogP contribution is -2.16. The van der Waals surface area contributed by atoms with Crippen LogP contribution < -0.4 is 0 Å². The van der Waals surface area contributed by atoms with Crippen LogP contribution in [0.2, 0.25) is 0 Å². The second kappa shape index (κ2) is 5.81. The maximum absolute atomic E-state index is 12.0. The lowest BCUT2D eigenvalue weighted by atomic mass is 9.94. The van der Waals surface area contributed by atoms with E-state index in [1.54, 1.807) is 13.0 Å². The number of non-ortho nitro benzene ring substituents is 1. The van der Waals surface area contributed by atoms with Crippen molar-refractivity contribution in [3.63, 3.8) is 0 Å². The van der Waals surface area contributed by atoms with Gasteiger partial charge < -0.3 is 0 Å². The number of ketones is 1. The van der Waals surface area contributed by atoms with E-state index in [0.717, 1.165) is 0 Å². The van der Waals surface area contributed by atoms with Crippen LogP contribution in [0, 0.1) is 10.1 Å². The molecule has 1 aromatic rings. The van der Waals surface area contributed by atoms with E-state index < -0.39 is 29.2 Å². The summed E-state index contributed by atoms with van der Waals surface area (Å²) in [6, 6.07) is 5.55. The minimum absolute atomic E-state index is 0.146. The van der Waals surface area contributed by atoms with Crippen LogP contribution in [-0.4, -0.2) is 16.9 Å². The molecule has 0 radical (unpaired) electrons. The summed E-state index contributed by atoms with van der Waals surface area (Å²) in [5.74, 6) is -1.42. The fourth-order valence-corrected chi connectivity index (χ4v) is 1.70. The van der Waals surface area contributed by atoms with Crippen molar-refractivity contribution in [2.24, 2.45) is 0 Å². The molecule has 7 heteroatoms. The molecule has 1 rings (SSSR count). The van der Waals surface area contributed by atoms with E-state index in [9.17, 15) is 28.1 Å². The van der Waals surface area contributed by atoms with Gasteiger partial charge in [0.25, 0.3) is 5.69 Å². The molecule has 0 fully saturated rings. The number of carbonyl (C=O) groups is 1. The molecule has 104 valence electrons. The molecule has 0 aliphatic heterocycles.